The van der Waals surface area contributed by atoms with Crippen LogP contribution in [0.5, 0.6) is 0 Å². The maximum absolute atomic E-state index is 13.2. The van der Waals surface area contributed by atoms with Crippen LogP contribution < -0.4 is 21.3 Å². The first-order valence-corrected chi connectivity index (χ1v) is 17.3. The average molecular weight is 679 g/mol. The van der Waals surface area contributed by atoms with Crippen LogP contribution in [-0.4, -0.2) is 79.2 Å². The van der Waals surface area contributed by atoms with Gasteiger partial charge in [0.2, 0.25) is 6.73 Å². The number of aryl methyl sites for hydroxylation is 1. The number of piperazine rings is 1. The van der Waals surface area contributed by atoms with Crippen LogP contribution in [-0.2, 0) is 16.0 Å². The third kappa shape index (κ3) is 9.45. The van der Waals surface area contributed by atoms with Gasteiger partial charge in [0, 0.05) is 61.6 Å². The molecule has 0 spiro atoms. The molecule has 2 aliphatic heterocycles. The number of rotatable bonds is 11. The highest BCUT2D eigenvalue weighted by molar-refractivity contribution is 6.04. The molecular weight excluding hydrogens is 630 g/mol. The first-order chi connectivity index (χ1) is 24.2. The van der Waals surface area contributed by atoms with Crippen LogP contribution in [0.1, 0.15) is 58.1 Å². The molecule has 50 heavy (non-hydrogen) atoms. The standard InChI is InChI=1S/C39H47N7O4/c1-28-11-16-34(24-36(28)44-38-41-19-17-35(43-38)33-10-7-18-40-25-33)42-37(47)32-14-12-30(13-15-32)26-45-20-22-46(3,23-21-45)27-49-39(48)50-29(2)31-8-5-4-6-9-31/h4-16,18,24-25,29,35,38,41,43-44H,17,19-23,26-27H2,1-3H3/p+1/t29-,35?,38?/m1/s1. The number of anilines is 2. The minimum atomic E-state index is -0.642. The van der Waals surface area contributed by atoms with E-state index in [1.807, 2.05) is 98.9 Å². The van der Waals surface area contributed by atoms with E-state index in [0.717, 1.165) is 73.8 Å². The quantitative estimate of drug-likeness (QED) is 0.115. The number of amides is 1. The van der Waals surface area contributed by atoms with Crippen molar-refractivity contribution >= 4 is 23.4 Å². The number of hydrogen-bond donors (Lipinski definition) is 4. The Morgan fingerprint density at radius 2 is 1.80 bits per heavy atom. The lowest BCUT2D eigenvalue weighted by atomic mass is 10.0. The summed E-state index contributed by atoms with van der Waals surface area (Å²) in [5.74, 6) is -0.153. The van der Waals surface area contributed by atoms with Crippen molar-refractivity contribution in [3.63, 3.8) is 0 Å². The van der Waals surface area contributed by atoms with E-state index in [2.05, 4.69) is 44.3 Å². The summed E-state index contributed by atoms with van der Waals surface area (Å²) in [6.07, 6.45) is 3.54. The number of hydrogen-bond acceptors (Lipinski definition) is 9. The first kappa shape index (κ1) is 35.0. The fraction of sp³-hybridized carbons (Fsp3) is 0.359. The van der Waals surface area contributed by atoms with Gasteiger partial charge in [0.05, 0.1) is 20.1 Å². The smallest absolute Gasteiger partial charge is 0.426 e. The monoisotopic (exact) mass is 678 g/mol. The van der Waals surface area contributed by atoms with Gasteiger partial charge >= 0.3 is 6.16 Å². The topological polar surface area (TPSA) is 117 Å². The van der Waals surface area contributed by atoms with Crippen LogP contribution in [0.25, 0.3) is 0 Å². The summed E-state index contributed by atoms with van der Waals surface area (Å²) in [7, 11) is 2.11. The zero-order valence-electron chi connectivity index (χ0n) is 29.1. The number of nitrogens with zero attached hydrogens (tertiary/aromatic N) is 3. The van der Waals surface area contributed by atoms with Crippen molar-refractivity contribution in [2.45, 2.75) is 45.2 Å². The Morgan fingerprint density at radius 1 is 1.02 bits per heavy atom. The Bertz CT molecular complexity index is 1710. The Labute approximate surface area is 294 Å². The molecule has 1 amide bonds. The summed E-state index contributed by atoms with van der Waals surface area (Å²) in [5, 5.41) is 13.7. The third-order valence-corrected chi connectivity index (χ3v) is 9.60. The molecule has 2 saturated heterocycles. The SMILES string of the molecule is Cc1ccc(NC(=O)c2ccc(CN3CC[N+](C)(COC(=O)O[C@H](C)c4ccccc4)CC3)cc2)cc1NC1NCCC(c2cccnc2)N1. The normalized spacial score (nSPS) is 19.6. The number of pyridine rings is 1. The predicted octanol–water partition coefficient (Wildman–Crippen LogP) is 5.80. The van der Waals surface area contributed by atoms with Crippen molar-refractivity contribution in [1.29, 1.82) is 0 Å². The first-order valence-electron chi connectivity index (χ1n) is 17.3. The van der Waals surface area contributed by atoms with Gasteiger partial charge in [0.25, 0.3) is 5.91 Å². The number of carbonyl (C=O) groups excluding carboxylic acids is 2. The Hall–Kier alpha value is -4.81. The van der Waals surface area contributed by atoms with E-state index < -0.39 is 6.16 Å². The number of benzene rings is 3. The lowest BCUT2D eigenvalue weighted by Gasteiger charge is -2.41. The lowest BCUT2D eigenvalue weighted by molar-refractivity contribution is -0.929. The van der Waals surface area contributed by atoms with Crippen LogP contribution in [0.15, 0.2) is 97.3 Å². The van der Waals surface area contributed by atoms with Crippen LogP contribution in [0, 0.1) is 6.92 Å². The van der Waals surface area contributed by atoms with Crippen LogP contribution >= 0.6 is 0 Å². The molecule has 2 unspecified atom stereocenters. The molecule has 2 fully saturated rings. The molecule has 4 N–H and O–H groups in total. The maximum atomic E-state index is 13.2. The maximum Gasteiger partial charge on any atom is 0.513 e. The van der Waals surface area contributed by atoms with Crippen LogP contribution in [0.4, 0.5) is 16.2 Å². The minimum Gasteiger partial charge on any atom is -0.426 e. The molecule has 11 nitrogen and oxygen atoms in total. The number of nitrogens with one attached hydrogen (secondary N) is 4. The highest BCUT2D eigenvalue weighted by Crippen LogP contribution is 2.24. The second kappa shape index (κ2) is 16.3. The highest BCUT2D eigenvalue weighted by Gasteiger charge is 2.30. The van der Waals surface area contributed by atoms with Gasteiger partial charge in [0.1, 0.15) is 12.4 Å². The zero-order chi connectivity index (χ0) is 34.9. The lowest BCUT2D eigenvalue weighted by Crippen LogP contribution is -2.58. The van der Waals surface area contributed by atoms with E-state index >= 15 is 0 Å². The van der Waals surface area contributed by atoms with Crippen molar-refractivity contribution in [1.82, 2.24) is 20.5 Å². The van der Waals surface area contributed by atoms with Gasteiger partial charge in [-0.25, -0.2) is 4.79 Å². The molecule has 11 heteroatoms. The molecule has 0 bridgehead atoms. The third-order valence-electron chi connectivity index (χ3n) is 9.60. The molecule has 3 heterocycles. The van der Waals surface area contributed by atoms with E-state index in [1.165, 1.54) is 5.56 Å². The molecule has 0 aliphatic carbocycles. The fourth-order valence-corrected chi connectivity index (χ4v) is 6.34. The van der Waals surface area contributed by atoms with Crippen molar-refractivity contribution in [2.24, 2.45) is 0 Å². The number of aromatic nitrogens is 1. The summed E-state index contributed by atoms with van der Waals surface area (Å²) in [6.45, 7) is 9.28. The molecule has 262 valence electrons. The summed E-state index contributed by atoms with van der Waals surface area (Å²) in [5.41, 5.74) is 6.60. The van der Waals surface area contributed by atoms with E-state index in [0.29, 0.717) is 10.0 Å². The van der Waals surface area contributed by atoms with Gasteiger partial charge in [-0.1, -0.05) is 54.6 Å². The Morgan fingerprint density at radius 3 is 2.54 bits per heavy atom. The summed E-state index contributed by atoms with van der Waals surface area (Å²) >= 11 is 0. The molecule has 6 rings (SSSR count). The van der Waals surface area contributed by atoms with Gasteiger partial charge in [-0.2, -0.15) is 0 Å². The number of carbonyl (C=O) groups is 2. The highest BCUT2D eigenvalue weighted by atomic mass is 16.7. The van der Waals surface area contributed by atoms with Crippen molar-refractivity contribution in [2.75, 3.05) is 57.1 Å². The van der Waals surface area contributed by atoms with Crippen molar-refractivity contribution < 1.29 is 23.5 Å². The molecule has 0 radical (unpaired) electrons. The molecular formula is C39H48N7O4+. The fourth-order valence-electron chi connectivity index (χ4n) is 6.34. The predicted molar refractivity (Wildman–Crippen MR) is 194 cm³/mol. The van der Waals surface area contributed by atoms with Crippen LogP contribution in [0.2, 0.25) is 0 Å². The summed E-state index contributed by atoms with van der Waals surface area (Å²) < 4.78 is 11.6. The Balaban J connectivity index is 0.949. The van der Waals surface area contributed by atoms with E-state index in [-0.39, 0.29) is 31.1 Å². The number of quaternary nitrogens is 1. The second-order valence-corrected chi connectivity index (χ2v) is 13.5. The summed E-state index contributed by atoms with van der Waals surface area (Å²) in [4.78, 5) is 32.2. The second-order valence-electron chi connectivity index (χ2n) is 13.5. The largest absolute Gasteiger partial charge is 0.513 e. The minimum absolute atomic E-state index is 0.120. The van der Waals surface area contributed by atoms with Crippen molar-refractivity contribution in [3.8, 4) is 0 Å². The van der Waals surface area contributed by atoms with E-state index in [4.69, 9.17) is 9.47 Å². The molecule has 3 atom stereocenters. The summed E-state index contributed by atoms with van der Waals surface area (Å²) in [6, 6.07) is 27.6. The van der Waals surface area contributed by atoms with E-state index in [9.17, 15) is 9.59 Å². The Kier molecular flexibility index (Phi) is 11.4. The van der Waals surface area contributed by atoms with Crippen LogP contribution in [0.3, 0.4) is 0 Å². The molecule has 1 aromatic heterocycles. The van der Waals surface area contributed by atoms with Gasteiger partial charge < -0.3 is 20.1 Å². The van der Waals surface area contributed by atoms with Gasteiger partial charge in [0.15, 0.2) is 0 Å². The zero-order valence-corrected chi connectivity index (χ0v) is 29.1. The molecule has 3 aromatic carbocycles. The van der Waals surface area contributed by atoms with Gasteiger partial charge in [-0.3, -0.25) is 29.8 Å². The van der Waals surface area contributed by atoms with Gasteiger partial charge in [-0.15, -0.1) is 0 Å². The van der Waals surface area contributed by atoms with E-state index in [1.54, 1.807) is 6.20 Å². The average Bonchev–Trinajstić information content (AvgIpc) is 3.14. The van der Waals surface area contributed by atoms with Gasteiger partial charge in [-0.05, 0) is 72.9 Å². The molecule has 2 aliphatic rings. The number of ether oxygens (including phenoxy) is 2. The molecule has 4 aromatic rings. The number of likely N-dealkylation sites (N-methyl/N-ethyl adjacent to an activating group) is 1. The van der Waals surface area contributed by atoms with Crippen molar-refractivity contribution in [3.05, 3.63) is 125 Å². The molecule has 0 saturated carbocycles.